The van der Waals surface area contributed by atoms with Crippen molar-refractivity contribution in [2.24, 2.45) is 11.3 Å². The SMILES string of the molecule is CC(C)(C)C1CCC(O)(CN2CCOCC(O)(COc3ccc(F)c(F)c3)C2)CC1. The van der Waals surface area contributed by atoms with Gasteiger partial charge in [0.15, 0.2) is 11.6 Å². The molecule has 2 N–H and O–H groups in total. The second-order valence-electron chi connectivity index (χ2n) is 10.2. The third-order valence-corrected chi connectivity index (χ3v) is 6.50. The average Bonchev–Trinajstić information content (AvgIpc) is 2.83. The average molecular weight is 428 g/mol. The molecule has 0 radical (unpaired) electrons. The summed E-state index contributed by atoms with van der Waals surface area (Å²) in [6.07, 6.45) is 3.48. The molecule has 0 amide bonds. The summed E-state index contributed by atoms with van der Waals surface area (Å²) in [5, 5.41) is 22.2. The fraction of sp³-hybridized carbons (Fsp3) is 0.739. The van der Waals surface area contributed by atoms with Gasteiger partial charge in [0.2, 0.25) is 0 Å². The highest BCUT2D eigenvalue weighted by Gasteiger charge is 2.41. The molecule has 1 aromatic carbocycles. The van der Waals surface area contributed by atoms with E-state index in [0.717, 1.165) is 37.8 Å². The Labute approximate surface area is 178 Å². The van der Waals surface area contributed by atoms with Gasteiger partial charge in [0.25, 0.3) is 0 Å². The molecule has 1 saturated heterocycles. The Hall–Kier alpha value is -1.28. The van der Waals surface area contributed by atoms with Crippen LogP contribution >= 0.6 is 0 Å². The molecule has 1 heterocycles. The lowest BCUT2D eigenvalue weighted by Crippen LogP contribution is -2.53. The highest BCUT2D eigenvalue weighted by atomic mass is 19.2. The number of hydrogen-bond acceptors (Lipinski definition) is 5. The van der Waals surface area contributed by atoms with Crippen molar-refractivity contribution in [2.45, 2.75) is 57.7 Å². The summed E-state index contributed by atoms with van der Waals surface area (Å²) in [5.41, 5.74) is -1.83. The molecule has 1 aliphatic heterocycles. The maximum atomic E-state index is 13.4. The number of hydrogen-bond donors (Lipinski definition) is 2. The van der Waals surface area contributed by atoms with Crippen molar-refractivity contribution in [3.8, 4) is 5.75 Å². The quantitative estimate of drug-likeness (QED) is 0.755. The zero-order valence-electron chi connectivity index (χ0n) is 18.3. The standard InChI is InChI=1S/C23H35F2NO4/c1-21(2,3)17-6-8-22(27,9-7-17)13-26-10-11-29-15-23(28,14-26)16-30-18-4-5-19(24)20(25)12-18/h4-5,12,17,27-28H,6-11,13-16H2,1-3H3. The van der Waals surface area contributed by atoms with Crippen LogP contribution in [0.5, 0.6) is 5.75 Å². The van der Waals surface area contributed by atoms with E-state index in [9.17, 15) is 19.0 Å². The van der Waals surface area contributed by atoms with E-state index in [1.165, 1.54) is 6.07 Å². The summed E-state index contributed by atoms with van der Waals surface area (Å²) in [6.45, 7) is 8.54. The summed E-state index contributed by atoms with van der Waals surface area (Å²) in [7, 11) is 0. The summed E-state index contributed by atoms with van der Waals surface area (Å²) in [6, 6.07) is 3.28. The van der Waals surface area contributed by atoms with Gasteiger partial charge in [-0.05, 0) is 49.1 Å². The monoisotopic (exact) mass is 427 g/mol. The fourth-order valence-corrected chi connectivity index (χ4v) is 4.60. The van der Waals surface area contributed by atoms with Crippen molar-refractivity contribution in [3.63, 3.8) is 0 Å². The topological polar surface area (TPSA) is 62.2 Å². The summed E-state index contributed by atoms with van der Waals surface area (Å²) in [4.78, 5) is 2.03. The molecule has 1 atom stereocenters. The van der Waals surface area contributed by atoms with Crippen LogP contribution in [0.2, 0.25) is 0 Å². The van der Waals surface area contributed by atoms with Gasteiger partial charge in [-0.25, -0.2) is 8.78 Å². The van der Waals surface area contributed by atoms with Crippen molar-refractivity contribution >= 4 is 0 Å². The van der Waals surface area contributed by atoms with Crippen molar-refractivity contribution in [3.05, 3.63) is 29.8 Å². The van der Waals surface area contributed by atoms with Crippen LogP contribution < -0.4 is 4.74 Å². The van der Waals surface area contributed by atoms with Crippen LogP contribution in [-0.2, 0) is 4.74 Å². The Morgan fingerprint density at radius 2 is 1.83 bits per heavy atom. The lowest BCUT2D eigenvalue weighted by molar-refractivity contribution is -0.0808. The van der Waals surface area contributed by atoms with E-state index >= 15 is 0 Å². The summed E-state index contributed by atoms with van der Waals surface area (Å²) < 4.78 is 37.6. The van der Waals surface area contributed by atoms with Crippen LogP contribution in [0.3, 0.4) is 0 Å². The largest absolute Gasteiger partial charge is 0.490 e. The molecule has 7 heteroatoms. The highest BCUT2D eigenvalue weighted by Crippen LogP contribution is 2.41. The Morgan fingerprint density at radius 3 is 2.47 bits per heavy atom. The van der Waals surface area contributed by atoms with Crippen LogP contribution in [0, 0.1) is 23.0 Å². The van der Waals surface area contributed by atoms with Gasteiger partial charge in [0.1, 0.15) is 18.0 Å². The lowest BCUT2D eigenvalue weighted by Gasteiger charge is -2.43. The van der Waals surface area contributed by atoms with E-state index in [-0.39, 0.29) is 30.9 Å². The maximum absolute atomic E-state index is 13.4. The molecule has 1 saturated carbocycles. The third-order valence-electron chi connectivity index (χ3n) is 6.50. The molecule has 3 rings (SSSR count). The zero-order valence-corrected chi connectivity index (χ0v) is 18.3. The number of halogens is 2. The van der Waals surface area contributed by atoms with Crippen LogP contribution in [0.4, 0.5) is 8.78 Å². The van der Waals surface area contributed by atoms with Gasteiger partial charge >= 0.3 is 0 Å². The number of nitrogens with zero attached hydrogens (tertiary/aromatic N) is 1. The molecule has 5 nitrogen and oxygen atoms in total. The van der Waals surface area contributed by atoms with Crippen LogP contribution in [0.15, 0.2) is 18.2 Å². The molecular formula is C23H35F2NO4. The Bertz CT molecular complexity index is 716. The van der Waals surface area contributed by atoms with Crippen LogP contribution in [0.1, 0.15) is 46.5 Å². The van der Waals surface area contributed by atoms with Gasteiger partial charge in [0.05, 0.1) is 18.8 Å². The van der Waals surface area contributed by atoms with Crippen molar-refractivity contribution in [1.29, 1.82) is 0 Å². The minimum atomic E-state index is -1.31. The minimum Gasteiger partial charge on any atom is -0.490 e. The first kappa shape index (κ1) is 23.4. The van der Waals surface area contributed by atoms with Gasteiger partial charge < -0.3 is 19.7 Å². The molecular weight excluding hydrogens is 392 g/mol. The number of benzene rings is 1. The van der Waals surface area contributed by atoms with Gasteiger partial charge in [-0.3, -0.25) is 4.90 Å². The van der Waals surface area contributed by atoms with E-state index in [4.69, 9.17) is 9.47 Å². The molecule has 2 aliphatic rings. The molecule has 1 aromatic rings. The van der Waals surface area contributed by atoms with Crippen LogP contribution in [-0.4, -0.2) is 65.8 Å². The predicted octanol–water partition coefficient (Wildman–Crippen LogP) is 3.37. The van der Waals surface area contributed by atoms with Crippen molar-refractivity contribution in [2.75, 3.05) is 39.5 Å². The minimum absolute atomic E-state index is 0.0811. The lowest BCUT2D eigenvalue weighted by atomic mass is 9.68. The number of ether oxygens (including phenoxy) is 2. The first-order chi connectivity index (χ1) is 14.0. The summed E-state index contributed by atoms with van der Waals surface area (Å²) >= 11 is 0. The molecule has 0 aromatic heterocycles. The second kappa shape index (κ2) is 9.07. The Morgan fingerprint density at radius 1 is 1.13 bits per heavy atom. The maximum Gasteiger partial charge on any atom is 0.162 e. The predicted molar refractivity (Wildman–Crippen MR) is 110 cm³/mol. The van der Waals surface area contributed by atoms with Gasteiger partial charge in [-0.1, -0.05) is 20.8 Å². The molecule has 30 heavy (non-hydrogen) atoms. The first-order valence-electron chi connectivity index (χ1n) is 10.8. The number of β-amino-alcohol motifs (C(OH)–C–C–N with tert-alkyl or cyclic N) is 2. The molecule has 2 fully saturated rings. The number of rotatable bonds is 5. The van der Waals surface area contributed by atoms with E-state index < -0.39 is 22.8 Å². The van der Waals surface area contributed by atoms with Gasteiger partial charge in [-0.15, -0.1) is 0 Å². The van der Waals surface area contributed by atoms with Crippen molar-refractivity contribution in [1.82, 2.24) is 4.90 Å². The van der Waals surface area contributed by atoms with Crippen LogP contribution in [0.25, 0.3) is 0 Å². The van der Waals surface area contributed by atoms with E-state index in [0.29, 0.717) is 25.6 Å². The van der Waals surface area contributed by atoms with E-state index in [2.05, 4.69) is 20.8 Å². The third kappa shape index (κ3) is 6.13. The van der Waals surface area contributed by atoms with Crippen molar-refractivity contribution < 1.29 is 28.5 Å². The number of aliphatic hydroxyl groups is 2. The normalized spacial score (nSPS) is 31.4. The molecule has 0 bridgehead atoms. The van der Waals surface area contributed by atoms with Gasteiger partial charge in [0, 0.05) is 25.7 Å². The van der Waals surface area contributed by atoms with E-state index in [1.54, 1.807) is 0 Å². The molecule has 0 spiro atoms. The molecule has 1 aliphatic carbocycles. The fourth-order valence-electron chi connectivity index (χ4n) is 4.60. The molecule has 1 unspecified atom stereocenters. The Balaban J connectivity index is 1.58. The first-order valence-corrected chi connectivity index (χ1v) is 10.8. The highest BCUT2D eigenvalue weighted by molar-refractivity contribution is 5.23. The van der Waals surface area contributed by atoms with Gasteiger partial charge in [-0.2, -0.15) is 0 Å². The molecule has 170 valence electrons. The Kier molecular flexibility index (Phi) is 7.07. The second-order valence-corrected chi connectivity index (χ2v) is 10.2. The smallest absolute Gasteiger partial charge is 0.162 e. The zero-order chi connectivity index (χ0) is 22.0. The summed E-state index contributed by atoms with van der Waals surface area (Å²) in [5.74, 6) is -1.19. The van der Waals surface area contributed by atoms with E-state index in [1.807, 2.05) is 4.90 Å².